The van der Waals surface area contributed by atoms with Crippen LogP contribution in [0.3, 0.4) is 0 Å². The first-order valence-electron chi connectivity index (χ1n) is 5.82. The maximum Gasteiger partial charge on any atom is 0.198 e. The van der Waals surface area contributed by atoms with Gasteiger partial charge in [0.15, 0.2) is 5.78 Å². The molecule has 100 valence electrons. The molecular formula is C15H8BrF2NO. The average Bonchev–Trinajstić information content (AvgIpc) is 2.81. The number of aromatic nitrogens is 1. The van der Waals surface area contributed by atoms with E-state index in [-0.39, 0.29) is 11.1 Å². The molecule has 2 nitrogen and oxygen atoms in total. The van der Waals surface area contributed by atoms with Crippen LogP contribution in [0, 0.1) is 11.6 Å². The number of nitrogens with one attached hydrogen (secondary N) is 1. The van der Waals surface area contributed by atoms with Gasteiger partial charge in [-0.2, -0.15) is 0 Å². The summed E-state index contributed by atoms with van der Waals surface area (Å²) in [4.78, 5) is 15.2. The zero-order chi connectivity index (χ0) is 14.3. The molecule has 0 aliphatic heterocycles. The fraction of sp³-hybridized carbons (Fsp3) is 0. The van der Waals surface area contributed by atoms with E-state index in [1.165, 1.54) is 30.5 Å². The van der Waals surface area contributed by atoms with Crippen LogP contribution >= 0.6 is 15.9 Å². The number of carbonyl (C=O) groups excluding carboxylic acids is 1. The van der Waals surface area contributed by atoms with Crippen molar-refractivity contribution in [3.63, 3.8) is 0 Å². The summed E-state index contributed by atoms with van der Waals surface area (Å²) in [5.74, 6) is -1.54. The van der Waals surface area contributed by atoms with Crippen molar-refractivity contribution in [2.45, 2.75) is 0 Å². The quantitative estimate of drug-likeness (QED) is 0.690. The minimum absolute atomic E-state index is 0.0432. The third-order valence-electron chi connectivity index (χ3n) is 3.06. The van der Waals surface area contributed by atoms with Crippen molar-refractivity contribution in [3.05, 3.63) is 69.8 Å². The Hall–Kier alpha value is -2.01. The topological polar surface area (TPSA) is 32.9 Å². The lowest BCUT2D eigenvalue weighted by molar-refractivity contribution is 0.103. The van der Waals surface area contributed by atoms with Crippen LogP contribution in [0.2, 0.25) is 0 Å². The monoisotopic (exact) mass is 335 g/mol. The van der Waals surface area contributed by atoms with Crippen LogP contribution in [-0.4, -0.2) is 10.8 Å². The molecule has 1 aromatic heterocycles. The lowest BCUT2D eigenvalue weighted by atomic mass is 10.0. The third-order valence-corrected chi connectivity index (χ3v) is 3.56. The predicted molar refractivity (Wildman–Crippen MR) is 75.8 cm³/mol. The number of benzene rings is 2. The Bertz CT molecular complexity index is 826. The molecule has 3 aromatic rings. The van der Waals surface area contributed by atoms with E-state index in [0.29, 0.717) is 15.4 Å². The highest BCUT2D eigenvalue weighted by Gasteiger charge is 2.18. The molecule has 0 bridgehead atoms. The van der Waals surface area contributed by atoms with Gasteiger partial charge in [-0.15, -0.1) is 0 Å². The molecule has 3 rings (SSSR count). The van der Waals surface area contributed by atoms with E-state index in [9.17, 15) is 13.6 Å². The summed E-state index contributed by atoms with van der Waals surface area (Å²) >= 11 is 3.14. The van der Waals surface area contributed by atoms with Crippen molar-refractivity contribution >= 4 is 32.6 Å². The Kier molecular flexibility index (Phi) is 3.14. The summed E-state index contributed by atoms with van der Waals surface area (Å²) in [6, 6.07) is 8.32. The molecule has 0 saturated carbocycles. The third kappa shape index (κ3) is 2.14. The van der Waals surface area contributed by atoms with E-state index < -0.39 is 17.4 Å². The van der Waals surface area contributed by atoms with Crippen molar-refractivity contribution < 1.29 is 13.6 Å². The van der Waals surface area contributed by atoms with E-state index in [1.54, 1.807) is 12.1 Å². The zero-order valence-corrected chi connectivity index (χ0v) is 11.7. The number of hydrogen-bond acceptors (Lipinski definition) is 1. The van der Waals surface area contributed by atoms with Gasteiger partial charge in [-0.3, -0.25) is 4.79 Å². The summed E-state index contributed by atoms with van der Waals surface area (Å²) < 4.78 is 27.7. The molecule has 1 N–H and O–H groups in total. The molecule has 0 unspecified atom stereocenters. The van der Waals surface area contributed by atoms with Crippen molar-refractivity contribution in [3.8, 4) is 0 Å². The lowest BCUT2D eigenvalue weighted by Crippen LogP contribution is -2.03. The maximum atomic E-state index is 13.8. The molecule has 0 aliphatic rings. The standard InChI is InChI=1S/C15H8BrF2NO/c16-8-1-3-10(13(18)5-8)15(20)12-7-19-14-4-2-9(17)6-11(12)14/h1-7,19H. The van der Waals surface area contributed by atoms with Gasteiger partial charge in [-0.05, 0) is 36.4 Å². The maximum absolute atomic E-state index is 13.8. The van der Waals surface area contributed by atoms with Crippen molar-refractivity contribution in [2.24, 2.45) is 0 Å². The minimum Gasteiger partial charge on any atom is -0.360 e. The Balaban J connectivity index is 2.15. The van der Waals surface area contributed by atoms with E-state index in [0.717, 1.165) is 0 Å². The molecule has 0 amide bonds. The highest BCUT2D eigenvalue weighted by molar-refractivity contribution is 9.10. The van der Waals surface area contributed by atoms with Gasteiger partial charge in [0.05, 0.1) is 5.56 Å². The molecule has 20 heavy (non-hydrogen) atoms. The summed E-state index contributed by atoms with van der Waals surface area (Å²) in [5.41, 5.74) is 0.839. The fourth-order valence-electron chi connectivity index (χ4n) is 2.10. The highest BCUT2D eigenvalue weighted by Crippen LogP contribution is 2.24. The van der Waals surface area contributed by atoms with Crippen molar-refractivity contribution in [1.29, 1.82) is 0 Å². The van der Waals surface area contributed by atoms with Gasteiger partial charge in [0.2, 0.25) is 0 Å². The van der Waals surface area contributed by atoms with Gasteiger partial charge in [0.1, 0.15) is 11.6 Å². The van der Waals surface area contributed by atoms with E-state index in [1.807, 2.05) is 0 Å². The highest BCUT2D eigenvalue weighted by atomic mass is 79.9. The zero-order valence-electron chi connectivity index (χ0n) is 10.1. The molecule has 5 heteroatoms. The van der Waals surface area contributed by atoms with Crippen LogP contribution in [0.4, 0.5) is 8.78 Å². The van der Waals surface area contributed by atoms with Gasteiger partial charge < -0.3 is 4.98 Å². The second kappa shape index (κ2) is 4.83. The first kappa shape index (κ1) is 13.0. The second-order valence-electron chi connectivity index (χ2n) is 4.35. The normalized spacial score (nSPS) is 10.9. The molecule has 1 heterocycles. The average molecular weight is 336 g/mol. The molecule has 2 aromatic carbocycles. The predicted octanol–water partition coefficient (Wildman–Crippen LogP) is 4.44. The number of rotatable bonds is 2. The number of carbonyl (C=O) groups is 1. The number of halogens is 3. The largest absolute Gasteiger partial charge is 0.360 e. The Morgan fingerprint density at radius 3 is 2.60 bits per heavy atom. The number of fused-ring (bicyclic) bond motifs is 1. The van der Waals surface area contributed by atoms with Gasteiger partial charge in [0.25, 0.3) is 0 Å². The van der Waals surface area contributed by atoms with Crippen molar-refractivity contribution in [2.75, 3.05) is 0 Å². The summed E-state index contributed by atoms with van der Waals surface area (Å²) in [6.45, 7) is 0. The first-order valence-corrected chi connectivity index (χ1v) is 6.62. The molecule has 0 saturated heterocycles. The van der Waals surface area contributed by atoms with Gasteiger partial charge >= 0.3 is 0 Å². The van der Waals surface area contributed by atoms with Gasteiger partial charge in [-0.25, -0.2) is 8.78 Å². The van der Waals surface area contributed by atoms with E-state index in [2.05, 4.69) is 20.9 Å². The number of aromatic amines is 1. The Morgan fingerprint density at radius 1 is 1.05 bits per heavy atom. The summed E-state index contributed by atoms with van der Waals surface area (Å²) in [6.07, 6.45) is 1.47. The minimum atomic E-state index is -0.616. The van der Waals surface area contributed by atoms with Crippen molar-refractivity contribution in [1.82, 2.24) is 4.98 Å². The van der Waals surface area contributed by atoms with Crippen LogP contribution in [-0.2, 0) is 0 Å². The van der Waals surface area contributed by atoms with Crippen LogP contribution < -0.4 is 0 Å². The smallest absolute Gasteiger partial charge is 0.198 e. The van der Waals surface area contributed by atoms with Crippen LogP contribution in [0.15, 0.2) is 47.1 Å². The van der Waals surface area contributed by atoms with Crippen LogP contribution in [0.5, 0.6) is 0 Å². The molecule has 0 radical (unpaired) electrons. The fourth-order valence-corrected chi connectivity index (χ4v) is 2.43. The van der Waals surface area contributed by atoms with Gasteiger partial charge in [-0.1, -0.05) is 15.9 Å². The number of ketones is 1. The number of hydrogen-bond donors (Lipinski definition) is 1. The van der Waals surface area contributed by atoms with E-state index >= 15 is 0 Å². The van der Waals surface area contributed by atoms with Crippen LogP contribution in [0.25, 0.3) is 10.9 Å². The summed E-state index contributed by atoms with van der Waals surface area (Å²) in [5, 5.41) is 0.442. The second-order valence-corrected chi connectivity index (χ2v) is 5.26. The Morgan fingerprint density at radius 2 is 1.85 bits per heavy atom. The first-order chi connectivity index (χ1) is 9.56. The summed E-state index contributed by atoms with van der Waals surface area (Å²) in [7, 11) is 0. The number of H-pyrrole nitrogens is 1. The van der Waals surface area contributed by atoms with Gasteiger partial charge in [0, 0.05) is 27.1 Å². The van der Waals surface area contributed by atoms with Crippen LogP contribution in [0.1, 0.15) is 15.9 Å². The SMILES string of the molecule is O=C(c1ccc(Br)cc1F)c1c[nH]c2ccc(F)cc12. The lowest BCUT2D eigenvalue weighted by Gasteiger charge is -2.02. The molecule has 0 spiro atoms. The molecular weight excluding hydrogens is 328 g/mol. The molecule has 0 atom stereocenters. The molecule has 0 aliphatic carbocycles. The van der Waals surface area contributed by atoms with E-state index in [4.69, 9.17) is 0 Å². The molecule has 0 fully saturated rings. The Labute approximate surface area is 121 Å².